The highest BCUT2D eigenvalue weighted by molar-refractivity contribution is 7.89. The molecule has 6 nitrogen and oxygen atoms in total. The summed E-state index contributed by atoms with van der Waals surface area (Å²) in [4.78, 5) is 12.7. The van der Waals surface area contributed by atoms with E-state index in [0.717, 1.165) is 44.9 Å². The molecule has 1 aliphatic carbocycles. The highest BCUT2D eigenvalue weighted by Crippen LogP contribution is 2.26. The maximum atomic E-state index is 13.0. The normalized spacial score (nSPS) is 15.9. The van der Waals surface area contributed by atoms with Crippen LogP contribution in [-0.2, 0) is 10.0 Å². The number of benzene rings is 1. The van der Waals surface area contributed by atoms with E-state index in [1.807, 2.05) is 13.8 Å². The van der Waals surface area contributed by atoms with Gasteiger partial charge in [0.1, 0.15) is 0 Å². The summed E-state index contributed by atoms with van der Waals surface area (Å²) in [6.07, 6.45) is 6.57. The lowest BCUT2D eigenvalue weighted by Gasteiger charge is -2.30. The Balaban J connectivity index is 0.00000392. The van der Waals surface area contributed by atoms with Gasteiger partial charge < -0.3 is 11.1 Å². The van der Waals surface area contributed by atoms with Crippen molar-refractivity contribution in [1.29, 1.82) is 0 Å². The summed E-state index contributed by atoms with van der Waals surface area (Å²) in [6, 6.07) is 6.29. The van der Waals surface area contributed by atoms with Crippen molar-refractivity contribution in [2.24, 2.45) is 5.73 Å². The van der Waals surface area contributed by atoms with Crippen molar-refractivity contribution in [1.82, 2.24) is 9.62 Å². The fourth-order valence-electron chi connectivity index (χ4n) is 3.46. The first kappa shape index (κ1) is 24.9. The molecule has 0 unspecified atom stereocenters. The average Bonchev–Trinajstić information content (AvgIpc) is 2.71. The van der Waals surface area contributed by atoms with Crippen LogP contribution in [0, 0.1) is 0 Å². The largest absolute Gasteiger partial charge is 0.350 e. The third kappa shape index (κ3) is 5.92. The van der Waals surface area contributed by atoms with E-state index in [9.17, 15) is 13.2 Å². The second-order valence-corrected chi connectivity index (χ2v) is 9.59. The van der Waals surface area contributed by atoms with E-state index < -0.39 is 15.6 Å². The Hall–Kier alpha value is -1.15. The van der Waals surface area contributed by atoms with Crippen molar-refractivity contribution in [3.8, 4) is 0 Å². The van der Waals surface area contributed by atoms with E-state index in [4.69, 9.17) is 5.73 Å². The summed E-state index contributed by atoms with van der Waals surface area (Å²) in [5.74, 6) is -0.302. The van der Waals surface area contributed by atoms with Gasteiger partial charge in [-0.25, -0.2) is 8.42 Å². The van der Waals surface area contributed by atoms with Crippen molar-refractivity contribution in [3.63, 3.8) is 0 Å². The fraction of sp³-hybridized carbons (Fsp3) is 0.650. The molecule has 1 saturated carbocycles. The van der Waals surface area contributed by atoms with E-state index in [1.54, 1.807) is 25.2 Å². The van der Waals surface area contributed by atoms with Gasteiger partial charge in [0, 0.05) is 30.7 Å². The van der Waals surface area contributed by atoms with Crippen LogP contribution in [0.1, 0.15) is 69.2 Å². The van der Waals surface area contributed by atoms with Crippen molar-refractivity contribution < 1.29 is 13.2 Å². The van der Waals surface area contributed by atoms with Crippen molar-refractivity contribution in [2.75, 3.05) is 13.6 Å². The smallest absolute Gasteiger partial charge is 0.251 e. The molecule has 0 saturated heterocycles. The second kappa shape index (κ2) is 10.6. The van der Waals surface area contributed by atoms with Gasteiger partial charge in [-0.05, 0) is 43.9 Å². The van der Waals surface area contributed by atoms with Gasteiger partial charge in [-0.15, -0.1) is 12.4 Å². The quantitative estimate of drug-likeness (QED) is 0.660. The molecule has 0 spiro atoms. The van der Waals surface area contributed by atoms with Gasteiger partial charge in [0.25, 0.3) is 5.91 Å². The highest BCUT2D eigenvalue weighted by atomic mass is 35.5. The van der Waals surface area contributed by atoms with Crippen molar-refractivity contribution in [3.05, 3.63) is 29.8 Å². The molecule has 1 amide bonds. The molecule has 0 bridgehead atoms. The van der Waals surface area contributed by atoms with Crippen LogP contribution in [-0.4, -0.2) is 43.8 Å². The molecule has 2 rings (SSSR count). The minimum absolute atomic E-state index is 0. The Morgan fingerprint density at radius 1 is 1.21 bits per heavy atom. The van der Waals surface area contributed by atoms with Crippen LogP contribution in [0.15, 0.2) is 29.2 Å². The molecule has 0 aromatic heterocycles. The summed E-state index contributed by atoms with van der Waals surface area (Å²) in [7, 11) is -1.98. The van der Waals surface area contributed by atoms with Crippen LogP contribution in [0.3, 0.4) is 0 Å². The zero-order chi connectivity index (χ0) is 20.1. The minimum Gasteiger partial charge on any atom is -0.350 e. The lowest BCUT2D eigenvalue weighted by Crippen LogP contribution is -2.49. The maximum Gasteiger partial charge on any atom is 0.251 e. The van der Waals surface area contributed by atoms with Crippen LogP contribution in [0.25, 0.3) is 0 Å². The standard InChI is InChI=1S/C20H33N3O3S.ClH/c1-4-20(21,5-2)15-22-19(24)16-10-9-13-18(14-16)27(25,26)23(3)17-11-7-6-8-12-17;/h9-10,13-14,17H,4-8,11-12,15,21H2,1-3H3,(H,22,24);1H. The van der Waals surface area contributed by atoms with E-state index >= 15 is 0 Å². The number of halogens is 1. The number of carbonyl (C=O) groups excluding carboxylic acids is 1. The molecule has 3 N–H and O–H groups in total. The van der Waals surface area contributed by atoms with E-state index in [1.165, 1.54) is 10.4 Å². The number of rotatable bonds is 8. The zero-order valence-electron chi connectivity index (χ0n) is 17.1. The molecular formula is C20H34ClN3O3S. The van der Waals surface area contributed by atoms with Crippen LogP contribution in [0.4, 0.5) is 0 Å². The van der Waals surface area contributed by atoms with E-state index in [2.05, 4.69) is 5.32 Å². The Morgan fingerprint density at radius 3 is 2.39 bits per heavy atom. The Morgan fingerprint density at radius 2 is 1.82 bits per heavy atom. The average molecular weight is 432 g/mol. The molecule has 0 aliphatic heterocycles. The van der Waals surface area contributed by atoms with Crippen LogP contribution in [0.2, 0.25) is 0 Å². The molecule has 1 aliphatic rings. The first-order chi connectivity index (χ1) is 12.7. The molecule has 8 heteroatoms. The second-order valence-electron chi connectivity index (χ2n) is 7.59. The van der Waals surface area contributed by atoms with Gasteiger partial charge in [0.05, 0.1) is 4.90 Å². The molecule has 1 fully saturated rings. The lowest BCUT2D eigenvalue weighted by molar-refractivity contribution is 0.0942. The topological polar surface area (TPSA) is 92.5 Å². The summed E-state index contributed by atoms with van der Waals surface area (Å²) < 4.78 is 27.5. The third-order valence-corrected chi connectivity index (χ3v) is 7.78. The molecule has 0 heterocycles. The summed E-state index contributed by atoms with van der Waals surface area (Å²) >= 11 is 0. The number of sulfonamides is 1. The molecular weight excluding hydrogens is 398 g/mol. The van der Waals surface area contributed by atoms with Crippen LogP contribution in [0.5, 0.6) is 0 Å². The summed E-state index contributed by atoms with van der Waals surface area (Å²) in [5.41, 5.74) is 6.12. The maximum absolute atomic E-state index is 13.0. The number of nitrogens with two attached hydrogens (primary N) is 1. The van der Waals surface area contributed by atoms with Gasteiger partial charge in [0.15, 0.2) is 0 Å². The molecule has 28 heavy (non-hydrogen) atoms. The van der Waals surface area contributed by atoms with Gasteiger partial charge >= 0.3 is 0 Å². The molecule has 1 aromatic rings. The van der Waals surface area contributed by atoms with Gasteiger partial charge in [-0.3, -0.25) is 4.79 Å². The molecule has 0 radical (unpaired) electrons. The fourth-order valence-corrected chi connectivity index (χ4v) is 4.93. The molecule has 160 valence electrons. The van der Waals surface area contributed by atoms with Crippen LogP contribution >= 0.6 is 12.4 Å². The number of hydrogen-bond donors (Lipinski definition) is 2. The number of nitrogens with zero attached hydrogens (tertiary/aromatic N) is 1. The molecule has 1 aromatic carbocycles. The highest BCUT2D eigenvalue weighted by Gasteiger charge is 2.29. The van der Waals surface area contributed by atoms with Gasteiger partial charge in [-0.2, -0.15) is 4.31 Å². The van der Waals surface area contributed by atoms with Crippen molar-refractivity contribution in [2.45, 2.75) is 75.3 Å². The van der Waals surface area contributed by atoms with E-state index in [-0.39, 0.29) is 29.3 Å². The number of amides is 1. The number of nitrogens with one attached hydrogen (secondary N) is 1. The Bertz CT molecular complexity index is 745. The van der Waals surface area contributed by atoms with Crippen molar-refractivity contribution >= 4 is 28.3 Å². The predicted molar refractivity (Wildman–Crippen MR) is 115 cm³/mol. The summed E-state index contributed by atoms with van der Waals surface area (Å²) in [6.45, 7) is 4.34. The Kier molecular flexibility index (Phi) is 9.40. The third-order valence-electron chi connectivity index (χ3n) is 5.87. The van der Waals surface area contributed by atoms with Gasteiger partial charge in [0.2, 0.25) is 10.0 Å². The van der Waals surface area contributed by atoms with Crippen LogP contribution < -0.4 is 11.1 Å². The minimum atomic E-state index is -3.62. The number of carbonyl (C=O) groups is 1. The van der Waals surface area contributed by atoms with Gasteiger partial charge in [-0.1, -0.05) is 39.2 Å². The molecule has 0 atom stereocenters. The lowest BCUT2D eigenvalue weighted by atomic mass is 9.94. The predicted octanol–water partition coefficient (Wildman–Crippen LogP) is 3.31. The zero-order valence-corrected chi connectivity index (χ0v) is 18.7. The SMILES string of the molecule is CCC(N)(CC)CNC(=O)c1cccc(S(=O)(=O)N(C)C2CCCCC2)c1.Cl. The first-order valence-electron chi connectivity index (χ1n) is 9.88. The van der Waals surface area contributed by atoms with E-state index in [0.29, 0.717) is 12.1 Å². The summed E-state index contributed by atoms with van der Waals surface area (Å²) in [5, 5.41) is 2.84. The monoisotopic (exact) mass is 431 g/mol. The first-order valence-corrected chi connectivity index (χ1v) is 11.3. The number of hydrogen-bond acceptors (Lipinski definition) is 4. The Labute approximate surface area is 175 Å².